The molecular weight excluding hydrogens is 472 g/mol. The van der Waals surface area contributed by atoms with E-state index in [1.54, 1.807) is 18.6 Å². The van der Waals surface area contributed by atoms with Crippen molar-refractivity contribution < 1.29 is 9.47 Å². The van der Waals surface area contributed by atoms with E-state index in [0.717, 1.165) is 39.8 Å². The largest absolute Gasteiger partial charge is 0.467 e. The van der Waals surface area contributed by atoms with Crippen LogP contribution in [0.25, 0.3) is 0 Å². The van der Waals surface area contributed by atoms with Gasteiger partial charge in [-0.2, -0.15) is 0 Å². The van der Waals surface area contributed by atoms with E-state index in [9.17, 15) is 4.79 Å². The third kappa shape index (κ3) is 6.36. The lowest BCUT2D eigenvalue weighted by Crippen LogP contribution is -2.15. The maximum atomic E-state index is 12.4. The molecule has 2 aromatic heterocycles. The van der Waals surface area contributed by atoms with Gasteiger partial charge in [-0.1, -0.05) is 35.5 Å². The van der Waals surface area contributed by atoms with Gasteiger partial charge < -0.3 is 14.5 Å². The molecule has 0 aliphatic heterocycles. The number of hydrogen-bond acceptors (Lipinski definition) is 7. The maximum Gasteiger partial charge on any atom is 0.316 e. The molecule has 0 saturated carbocycles. The molecule has 4 aromatic rings. The van der Waals surface area contributed by atoms with Crippen molar-refractivity contribution in [1.82, 2.24) is 19.9 Å². The van der Waals surface area contributed by atoms with Gasteiger partial charge in [0.1, 0.15) is 11.5 Å². The molecule has 2 aromatic carbocycles. The maximum absolute atomic E-state index is 12.4. The number of thioether (sulfide) groups is 1. The highest BCUT2D eigenvalue weighted by atomic mass is 35.5. The van der Waals surface area contributed by atoms with Gasteiger partial charge in [-0.3, -0.25) is 4.79 Å². The van der Waals surface area contributed by atoms with Crippen LogP contribution in [0.1, 0.15) is 22.3 Å². The number of aromatic amines is 1. The van der Waals surface area contributed by atoms with Crippen molar-refractivity contribution >= 4 is 23.4 Å². The van der Waals surface area contributed by atoms with Gasteiger partial charge in [0.25, 0.3) is 5.56 Å². The van der Waals surface area contributed by atoms with Crippen molar-refractivity contribution in [3.05, 3.63) is 98.7 Å². The van der Waals surface area contributed by atoms with Gasteiger partial charge in [0.2, 0.25) is 0 Å². The molecule has 0 amide bonds. The molecule has 4 rings (SSSR count). The monoisotopic (exact) mass is 494 g/mol. The number of methoxy groups -OCH3 is 1. The number of benzene rings is 2. The summed E-state index contributed by atoms with van der Waals surface area (Å²) in [4.78, 5) is 27.8. The number of halogens is 1. The summed E-state index contributed by atoms with van der Waals surface area (Å²) in [5.74, 6) is 2.30. The van der Waals surface area contributed by atoms with Crippen molar-refractivity contribution in [3.63, 3.8) is 0 Å². The molecule has 0 radical (unpaired) electrons. The Bertz CT molecular complexity index is 1310. The van der Waals surface area contributed by atoms with Gasteiger partial charge in [-0.25, -0.2) is 15.0 Å². The normalized spacial score (nSPS) is 10.8. The highest BCUT2D eigenvalue weighted by Gasteiger charge is 2.07. The van der Waals surface area contributed by atoms with Gasteiger partial charge in [0.15, 0.2) is 5.16 Å². The smallest absolute Gasteiger partial charge is 0.316 e. The summed E-state index contributed by atoms with van der Waals surface area (Å²) in [7, 11) is 1.51. The van der Waals surface area contributed by atoms with Crippen LogP contribution < -0.4 is 15.0 Å². The van der Waals surface area contributed by atoms with Crippen molar-refractivity contribution in [1.29, 1.82) is 0 Å². The summed E-state index contributed by atoms with van der Waals surface area (Å²) >= 11 is 7.57. The molecule has 1 N–H and O–H groups in total. The van der Waals surface area contributed by atoms with Gasteiger partial charge in [-0.15, -0.1) is 0 Å². The number of nitrogens with zero attached hydrogens (tertiary/aromatic N) is 3. The Kier molecular flexibility index (Phi) is 7.82. The van der Waals surface area contributed by atoms with Crippen LogP contribution in [0.15, 0.2) is 71.0 Å². The molecule has 0 aliphatic carbocycles. The Morgan fingerprint density at radius 1 is 0.971 bits per heavy atom. The lowest BCUT2D eigenvalue weighted by Gasteiger charge is -2.08. The fourth-order valence-electron chi connectivity index (χ4n) is 3.17. The minimum absolute atomic E-state index is 0.160. The van der Waals surface area contributed by atoms with E-state index in [1.807, 2.05) is 49.4 Å². The zero-order chi connectivity index (χ0) is 23.9. The van der Waals surface area contributed by atoms with E-state index in [2.05, 4.69) is 19.9 Å². The van der Waals surface area contributed by atoms with Crippen molar-refractivity contribution in [2.75, 3.05) is 12.9 Å². The third-order valence-electron chi connectivity index (χ3n) is 5.03. The van der Waals surface area contributed by atoms with Crippen LogP contribution >= 0.6 is 23.4 Å². The molecule has 0 bridgehead atoms. The second kappa shape index (κ2) is 11.2. The molecule has 174 valence electrons. The molecule has 0 fully saturated rings. The Labute approximate surface area is 206 Å². The number of rotatable bonds is 9. The van der Waals surface area contributed by atoms with E-state index >= 15 is 0 Å². The molecule has 0 spiro atoms. The summed E-state index contributed by atoms with van der Waals surface area (Å²) in [5, 5.41) is 1.32. The molecule has 0 aliphatic rings. The van der Waals surface area contributed by atoms with E-state index < -0.39 is 0 Å². The molecular formula is C25H23ClN4O3S. The van der Waals surface area contributed by atoms with E-state index in [0.29, 0.717) is 23.2 Å². The SMILES string of the molecule is COc1ncc(Cc2cnc(SCCc3ccc(Oc4ccc(Cl)c(C)c4)cc3)[nH]c2=O)cn1. The van der Waals surface area contributed by atoms with Gasteiger partial charge in [0, 0.05) is 41.4 Å². The fourth-order valence-corrected chi connectivity index (χ4v) is 4.11. The fraction of sp³-hybridized carbons (Fsp3) is 0.200. The first-order chi connectivity index (χ1) is 16.5. The zero-order valence-corrected chi connectivity index (χ0v) is 20.3. The second-order valence-electron chi connectivity index (χ2n) is 7.55. The average molecular weight is 495 g/mol. The van der Waals surface area contributed by atoms with Gasteiger partial charge in [0.05, 0.1) is 7.11 Å². The number of aromatic nitrogens is 4. The number of hydrogen-bond donors (Lipinski definition) is 1. The zero-order valence-electron chi connectivity index (χ0n) is 18.7. The predicted octanol–water partition coefficient (Wildman–Crippen LogP) is 5.25. The Hall–Kier alpha value is -3.36. The average Bonchev–Trinajstić information content (AvgIpc) is 2.85. The highest BCUT2D eigenvalue weighted by Crippen LogP contribution is 2.26. The molecule has 7 nitrogen and oxygen atoms in total. The number of H-pyrrole nitrogens is 1. The van der Waals surface area contributed by atoms with Crippen LogP contribution in [0.2, 0.25) is 5.02 Å². The van der Waals surface area contributed by atoms with Crippen LogP contribution in [0.4, 0.5) is 0 Å². The van der Waals surface area contributed by atoms with Crippen molar-refractivity contribution in [3.8, 4) is 17.5 Å². The van der Waals surface area contributed by atoms with Crippen molar-refractivity contribution in [2.24, 2.45) is 0 Å². The van der Waals surface area contributed by atoms with Crippen LogP contribution in [0, 0.1) is 6.92 Å². The summed E-state index contributed by atoms with van der Waals surface area (Å²) in [6.45, 7) is 1.95. The van der Waals surface area contributed by atoms with Gasteiger partial charge in [-0.05, 0) is 60.4 Å². The molecule has 0 unspecified atom stereocenters. The summed E-state index contributed by atoms with van der Waals surface area (Å²) in [5.41, 5.74) is 3.36. The highest BCUT2D eigenvalue weighted by molar-refractivity contribution is 7.99. The molecule has 0 saturated heterocycles. The lowest BCUT2D eigenvalue weighted by atomic mass is 10.1. The predicted molar refractivity (Wildman–Crippen MR) is 133 cm³/mol. The van der Waals surface area contributed by atoms with Crippen molar-refractivity contribution in [2.45, 2.75) is 24.9 Å². The second-order valence-corrected chi connectivity index (χ2v) is 9.04. The van der Waals surface area contributed by atoms with Gasteiger partial charge >= 0.3 is 6.01 Å². The summed E-state index contributed by atoms with van der Waals surface area (Å²) in [6.07, 6.45) is 6.12. The van der Waals surface area contributed by atoms with E-state index in [-0.39, 0.29) is 5.56 Å². The number of nitrogens with one attached hydrogen (secondary N) is 1. The van der Waals surface area contributed by atoms with Crippen LogP contribution in [-0.4, -0.2) is 32.8 Å². The minimum atomic E-state index is -0.160. The number of aryl methyl sites for hydroxylation is 2. The van der Waals surface area contributed by atoms with E-state index in [1.165, 1.54) is 24.4 Å². The first-order valence-electron chi connectivity index (χ1n) is 10.6. The quantitative estimate of drug-likeness (QED) is 0.251. The first-order valence-corrected chi connectivity index (χ1v) is 12.0. The summed E-state index contributed by atoms with van der Waals surface area (Å²) in [6, 6.07) is 13.9. The molecule has 0 atom stereocenters. The summed E-state index contributed by atoms with van der Waals surface area (Å²) < 4.78 is 10.8. The molecule has 9 heteroatoms. The molecule has 34 heavy (non-hydrogen) atoms. The minimum Gasteiger partial charge on any atom is -0.467 e. The molecule has 2 heterocycles. The standard InChI is InChI=1S/C25H23ClN4O3S/c1-16-11-21(7-8-22(16)26)33-20-5-3-17(4-6-20)9-10-34-25-29-15-19(23(31)30-25)12-18-13-27-24(32-2)28-14-18/h3-8,11,13-15H,9-10,12H2,1-2H3,(H,29,30,31). The van der Waals surface area contributed by atoms with E-state index in [4.69, 9.17) is 21.1 Å². The topological polar surface area (TPSA) is 90.0 Å². The first kappa shape index (κ1) is 23.8. The van der Waals surface area contributed by atoms with Crippen LogP contribution in [0.3, 0.4) is 0 Å². The Morgan fingerprint density at radius 3 is 2.38 bits per heavy atom. The van der Waals surface area contributed by atoms with Crippen LogP contribution in [-0.2, 0) is 12.8 Å². The Balaban J connectivity index is 1.28. The van der Waals surface area contributed by atoms with Crippen LogP contribution in [0.5, 0.6) is 17.5 Å². The Morgan fingerprint density at radius 2 is 1.71 bits per heavy atom. The third-order valence-corrected chi connectivity index (χ3v) is 6.34. The number of ether oxygens (including phenoxy) is 2. The lowest BCUT2D eigenvalue weighted by molar-refractivity contribution is 0.379.